The molecule has 0 N–H and O–H groups in total. The molecule has 3 heteroatoms. The van der Waals surface area contributed by atoms with Gasteiger partial charge in [-0.25, -0.2) is 0 Å². The van der Waals surface area contributed by atoms with Crippen LogP contribution in [0.5, 0.6) is 0 Å². The molecule has 1 fully saturated rings. The molecular formula is C16H22ClIO. The largest absolute Gasteiger partial charge is 0.369 e. The molecule has 3 atom stereocenters. The average Bonchev–Trinajstić information content (AvgIpc) is 2.36. The van der Waals surface area contributed by atoms with Gasteiger partial charge < -0.3 is 4.74 Å². The van der Waals surface area contributed by atoms with E-state index in [0.717, 1.165) is 21.3 Å². The molecule has 1 aromatic carbocycles. The molecule has 2 rings (SSSR count). The molecule has 0 aliphatic heterocycles. The molecule has 1 aliphatic rings. The van der Waals surface area contributed by atoms with Gasteiger partial charge in [-0.1, -0.05) is 60.2 Å². The lowest BCUT2D eigenvalue weighted by molar-refractivity contribution is -0.0394. The summed E-state index contributed by atoms with van der Waals surface area (Å²) in [6, 6.07) is 8.07. The lowest BCUT2D eigenvalue weighted by Gasteiger charge is -2.33. The Morgan fingerprint density at radius 1 is 1.16 bits per heavy atom. The molecule has 0 heterocycles. The van der Waals surface area contributed by atoms with Gasteiger partial charge in [0.15, 0.2) is 0 Å². The van der Waals surface area contributed by atoms with E-state index in [2.05, 4.69) is 48.6 Å². The first-order valence-corrected chi connectivity index (χ1v) is 8.95. The first-order chi connectivity index (χ1) is 9.08. The summed E-state index contributed by atoms with van der Waals surface area (Å²) in [5, 5.41) is 0.788. The summed E-state index contributed by atoms with van der Waals surface area (Å²) in [5.74, 6) is 1.57. The minimum absolute atomic E-state index is 0.195. The highest BCUT2D eigenvalue weighted by Gasteiger charge is 2.26. The van der Waals surface area contributed by atoms with Crippen LogP contribution in [0.3, 0.4) is 0 Å². The Labute approximate surface area is 135 Å². The van der Waals surface area contributed by atoms with Crippen LogP contribution in [-0.4, -0.2) is 10.5 Å². The third kappa shape index (κ3) is 4.61. The predicted octanol–water partition coefficient (Wildman–Crippen LogP) is 5.66. The summed E-state index contributed by atoms with van der Waals surface area (Å²) in [4.78, 5) is 0. The highest BCUT2D eigenvalue weighted by Crippen LogP contribution is 2.34. The van der Waals surface area contributed by atoms with Gasteiger partial charge in [-0.15, -0.1) is 0 Å². The Bertz CT molecular complexity index is 382. The van der Waals surface area contributed by atoms with Gasteiger partial charge in [-0.05, 0) is 48.8 Å². The van der Waals surface area contributed by atoms with Crippen LogP contribution in [0.15, 0.2) is 24.3 Å². The van der Waals surface area contributed by atoms with E-state index in [-0.39, 0.29) is 6.10 Å². The number of hydrogen-bond donors (Lipinski definition) is 0. The number of benzene rings is 1. The molecule has 1 saturated carbocycles. The average molecular weight is 393 g/mol. The maximum absolute atomic E-state index is 6.36. The van der Waals surface area contributed by atoms with Gasteiger partial charge in [-0.2, -0.15) is 0 Å². The highest BCUT2D eigenvalue weighted by atomic mass is 127. The maximum atomic E-state index is 6.36. The van der Waals surface area contributed by atoms with Crippen molar-refractivity contribution in [3.8, 4) is 0 Å². The summed E-state index contributed by atoms with van der Waals surface area (Å²) in [7, 11) is 0. The minimum Gasteiger partial charge on any atom is -0.369 e. The Hall–Kier alpha value is 0.200. The lowest BCUT2D eigenvalue weighted by Crippen LogP contribution is -2.28. The lowest BCUT2D eigenvalue weighted by atomic mass is 9.81. The van der Waals surface area contributed by atoms with Crippen molar-refractivity contribution in [1.29, 1.82) is 0 Å². The van der Waals surface area contributed by atoms with Crippen LogP contribution in [-0.2, 0) is 4.74 Å². The van der Waals surface area contributed by atoms with Crippen LogP contribution in [0.4, 0.5) is 0 Å². The molecule has 0 aromatic heterocycles. The zero-order chi connectivity index (χ0) is 13.8. The molecule has 0 bridgehead atoms. The summed E-state index contributed by atoms with van der Waals surface area (Å²) in [6.07, 6.45) is 4.35. The Kier molecular flexibility index (Phi) is 5.97. The van der Waals surface area contributed by atoms with Crippen molar-refractivity contribution in [2.24, 2.45) is 11.8 Å². The fourth-order valence-electron chi connectivity index (χ4n) is 3.10. The molecule has 1 aliphatic carbocycles. The second-order valence-electron chi connectivity index (χ2n) is 5.87. The fraction of sp³-hybridized carbons (Fsp3) is 0.625. The van der Waals surface area contributed by atoms with Crippen molar-refractivity contribution < 1.29 is 4.74 Å². The summed E-state index contributed by atoms with van der Waals surface area (Å²) in [5.41, 5.74) is 1.24. The van der Waals surface area contributed by atoms with Crippen molar-refractivity contribution in [2.75, 3.05) is 4.43 Å². The second-order valence-corrected chi connectivity index (χ2v) is 7.19. The quantitative estimate of drug-likeness (QED) is 0.475. The van der Waals surface area contributed by atoms with Gasteiger partial charge in [0.2, 0.25) is 0 Å². The van der Waals surface area contributed by atoms with Gasteiger partial charge in [0.05, 0.1) is 12.2 Å². The molecule has 3 unspecified atom stereocenters. The summed E-state index contributed by atoms with van der Waals surface area (Å²) in [6.45, 7) is 4.68. The van der Waals surface area contributed by atoms with Crippen LogP contribution in [0, 0.1) is 11.8 Å². The molecule has 0 amide bonds. The second kappa shape index (κ2) is 7.28. The molecule has 19 heavy (non-hydrogen) atoms. The van der Waals surface area contributed by atoms with Crippen molar-refractivity contribution in [2.45, 2.75) is 45.3 Å². The van der Waals surface area contributed by atoms with E-state index in [0.29, 0.717) is 6.10 Å². The fourth-order valence-corrected chi connectivity index (χ4v) is 3.94. The molecule has 1 aromatic rings. The van der Waals surface area contributed by atoms with Crippen LogP contribution in [0.2, 0.25) is 5.02 Å². The number of ether oxygens (including phenoxy) is 1. The predicted molar refractivity (Wildman–Crippen MR) is 90.1 cm³/mol. The van der Waals surface area contributed by atoms with E-state index in [4.69, 9.17) is 16.3 Å². The molecule has 0 spiro atoms. The zero-order valence-electron chi connectivity index (χ0n) is 11.6. The maximum Gasteiger partial charge on any atom is 0.0918 e. The third-order valence-electron chi connectivity index (χ3n) is 3.87. The molecule has 0 saturated heterocycles. The van der Waals surface area contributed by atoms with Crippen molar-refractivity contribution in [3.05, 3.63) is 34.9 Å². The smallest absolute Gasteiger partial charge is 0.0918 e. The molecular weight excluding hydrogens is 371 g/mol. The zero-order valence-corrected chi connectivity index (χ0v) is 14.5. The van der Waals surface area contributed by atoms with Crippen molar-refractivity contribution in [3.63, 3.8) is 0 Å². The van der Waals surface area contributed by atoms with Gasteiger partial charge in [0.1, 0.15) is 0 Å². The highest BCUT2D eigenvalue weighted by molar-refractivity contribution is 14.1. The number of alkyl halides is 1. The Balaban J connectivity index is 2.00. The van der Waals surface area contributed by atoms with E-state index in [1.165, 1.54) is 24.8 Å². The number of hydrogen-bond acceptors (Lipinski definition) is 1. The van der Waals surface area contributed by atoms with E-state index in [9.17, 15) is 0 Å². The summed E-state index contributed by atoms with van der Waals surface area (Å²) < 4.78 is 7.34. The van der Waals surface area contributed by atoms with Crippen LogP contribution in [0.1, 0.15) is 44.8 Å². The van der Waals surface area contributed by atoms with Gasteiger partial charge >= 0.3 is 0 Å². The van der Waals surface area contributed by atoms with Gasteiger partial charge in [-0.3, -0.25) is 0 Å². The number of halogens is 2. The monoisotopic (exact) mass is 392 g/mol. The third-order valence-corrected chi connectivity index (χ3v) is 4.93. The normalized spacial score (nSPS) is 29.2. The molecule has 0 radical (unpaired) electrons. The van der Waals surface area contributed by atoms with Crippen LogP contribution >= 0.6 is 34.2 Å². The van der Waals surface area contributed by atoms with Crippen molar-refractivity contribution in [1.82, 2.24) is 0 Å². The Morgan fingerprint density at radius 2 is 1.74 bits per heavy atom. The number of rotatable bonds is 4. The minimum atomic E-state index is 0.195. The summed E-state index contributed by atoms with van der Waals surface area (Å²) >= 11 is 8.36. The van der Waals surface area contributed by atoms with Gasteiger partial charge in [0.25, 0.3) is 0 Å². The standard InChI is InChI=1S/C16H22ClIO/c1-11-7-12(2)9-15(8-11)19-16(10-18)13-3-5-14(17)6-4-13/h3-6,11-12,15-16H,7-10H2,1-2H3. The first-order valence-electron chi connectivity index (χ1n) is 7.05. The Morgan fingerprint density at radius 3 is 2.26 bits per heavy atom. The SMILES string of the molecule is CC1CC(C)CC(OC(CI)c2ccc(Cl)cc2)C1. The topological polar surface area (TPSA) is 9.23 Å². The van der Waals surface area contributed by atoms with Crippen LogP contribution in [0.25, 0.3) is 0 Å². The van der Waals surface area contributed by atoms with E-state index < -0.39 is 0 Å². The molecule has 1 nitrogen and oxygen atoms in total. The van der Waals surface area contributed by atoms with Crippen molar-refractivity contribution >= 4 is 34.2 Å². The first kappa shape index (κ1) is 15.6. The van der Waals surface area contributed by atoms with Crippen LogP contribution < -0.4 is 0 Å². The van der Waals surface area contributed by atoms with Gasteiger partial charge in [0, 0.05) is 9.45 Å². The molecule has 106 valence electrons. The van der Waals surface area contributed by atoms with E-state index >= 15 is 0 Å². The van der Waals surface area contributed by atoms with E-state index in [1.807, 2.05) is 12.1 Å². The van der Waals surface area contributed by atoms with E-state index in [1.54, 1.807) is 0 Å².